The highest BCUT2D eigenvalue weighted by Crippen LogP contribution is 2.28. The van der Waals surface area contributed by atoms with E-state index in [1.165, 1.54) is 24.1 Å². The fraction of sp³-hybridized carbons (Fsp3) is 0.355. The standard InChI is InChI=1S/C31H35Cl2N3O5S/c1-22(31(38)34-25-9-5-3-6-10-25)35(20-23-13-14-24(32)19-29(23)33)30(37)21-36(26-15-17-27(41-2)18-16-26)42(39,40)28-11-7-4-8-12-28/h4,7-8,11-19,22,25H,3,5-6,9-10,20-21H2,1-2H3,(H,34,38). The molecule has 1 atom stereocenters. The lowest BCUT2D eigenvalue weighted by Gasteiger charge is -2.33. The molecule has 0 spiro atoms. The summed E-state index contributed by atoms with van der Waals surface area (Å²) in [4.78, 5) is 28.9. The Hall–Kier alpha value is -3.27. The van der Waals surface area contributed by atoms with Crippen LogP contribution >= 0.6 is 23.2 Å². The summed E-state index contributed by atoms with van der Waals surface area (Å²) in [6, 6.07) is 18.4. The number of carbonyl (C=O) groups is 2. The van der Waals surface area contributed by atoms with Crippen molar-refractivity contribution in [3.05, 3.63) is 88.4 Å². The molecule has 0 aliphatic heterocycles. The Kier molecular flexibility index (Phi) is 10.8. The fourth-order valence-electron chi connectivity index (χ4n) is 4.98. The van der Waals surface area contributed by atoms with E-state index in [9.17, 15) is 18.0 Å². The highest BCUT2D eigenvalue weighted by Gasteiger charge is 2.33. The smallest absolute Gasteiger partial charge is 0.264 e. The molecule has 4 rings (SSSR count). The van der Waals surface area contributed by atoms with Crippen molar-refractivity contribution < 1.29 is 22.7 Å². The molecule has 1 fully saturated rings. The molecule has 11 heteroatoms. The van der Waals surface area contributed by atoms with E-state index in [2.05, 4.69) is 5.32 Å². The van der Waals surface area contributed by atoms with Crippen LogP contribution in [0.3, 0.4) is 0 Å². The average Bonchev–Trinajstić information content (AvgIpc) is 3.00. The molecule has 3 aromatic carbocycles. The fourth-order valence-corrected chi connectivity index (χ4v) is 6.89. The molecule has 1 saturated carbocycles. The second-order valence-corrected chi connectivity index (χ2v) is 13.0. The molecule has 8 nitrogen and oxygen atoms in total. The van der Waals surface area contributed by atoms with Gasteiger partial charge in [-0.1, -0.05) is 66.7 Å². The molecule has 3 aromatic rings. The number of sulfonamides is 1. The van der Waals surface area contributed by atoms with E-state index in [0.29, 0.717) is 21.4 Å². The van der Waals surface area contributed by atoms with Gasteiger partial charge in [0, 0.05) is 22.6 Å². The monoisotopic (exact) mass is 631 g/mol. The Balaban J connectivity index is 1.69. The molecule has 1 N–H and O–H groups in total. The number of methoxy groups -OCH3 is 1. The number of benzene rings is 3. The zero-order chi connectivity index (χ0) is 30.3. The van der Waals surface area contributed by atoms with Crippen LogP contribution in [0.1, 0.15) is 44.6 Å². The molecular weight excluding hydrogens is 597 g/mol. The van der Waals surface area contributed by atoms with Gasteiger partial charge in [0.15, 0.2) is 0 Å². The quantitative estimate of drug-likeness (QED) is 0.277. The van der Waals surface area contributed by atoms with E-state index in [0.717, 1.165) is 36.4 Å². The average molecular weight is 633 g/mol. The zero-order valence-corrected chi connectivity index (χ0v) is 26.0. The Morgan fingerprint density at radius 2 is 1.64 bits per heavy atom. The predicted molar refractivity (Wildman–Crippen MR) is 165 cm³/mol. The van der Waals surface area contributed by atoms with E-state index < -0.39 is 28.5 Å². The SMILES string of the molecule is COc1ccc(N(CC(=O)N(Cc2ccc(Cl)cc2Cl)C(C)C(=O)NC2CCCCC2)S(=O)(=O)c2ccccc2)cc1. The van der Waals surface area contributed by atoms with Gasteiger partial charge in [-0.15, -0.1) is 0 Å². The van der Waals surface area contributed by atoms with Gasteiger partial charge in [0.2, 0.25) is 11.8 Å². The first-order chi connectivity index (χ1) is 20.1. The first kappa shape index (κ1) is 31.7. The van der Waals surface area contributed by atoms with Crippen LogP contribution < -0.4 is 14.4 Å². The van der Waals surface area contributed by atoms with Crippen molar-refractivity contribution >= 4 is 50.7 Å². The van der Waals surface area contributed by atoms with Crippen molar-refractivity contribution in [1.82, 2.24) is 10.2 Å². The summed E-state index contributed by atoms with van der Waals surface area (Å²) < 4.78 is 34.0. The van der Waals surface area contributed by atoms with Gasteiger partial charge in [-0.3, -0.25) is 13.9 Å². The molecule has 0 aromatic heterocycles. The van der Waals surface area contributed by atoms with Gasteiger partial charge >= 0.3 is 0 Å². The van der Waals surface area contributed by atoms with Gasteiger partial charge in [-0.25, -0.2) is 8.42 Å². The van der Waals surface area contributed by atoms with E-state index in [1.54, 1.807) is 67.6 Å². The normalized spacial score (nSPS) is 14.6. The maximum Gasteiger partial charge on any atom is 0.264 e. The molecule has 0 radical (unpaired) electrons. The highest BCUT2D eigenvalue weighted by atomic mass is 35.5. The molecule has 0 heterocycles. The summed E-state index contributed by atoms with van der Waals surface area (Å²) in [7, 11) is -2.65. The van der Waals surface area contributed by atoms with Gasteiger partial charge in [0.1, 0.15) is 18.3 Å². The number of hydrogen-bond acceptors (Lipinski definition) is 5. The summed E-state index contributed by atoms with van der Waals surface area (Å²) in [5.74, 6) is -0.334. The summed E-state index contributed by atoms with van der Waals surface area (Å²) in [6.45, 7) is 1.08. The minimum absolute atomic E-state index is 0.0179. The van der Waals surface area contributed by atoms with Gasteiger partial charge < -0.3 is 15.0 Å². The number of rotatable bonds is 11. The lowest BCUT2D eigenvalue weighted by atomic mass is 9.95. The number of nitrogens with zero attached hydrogens (tertiary/aromatic N) is 2. The Bertz CT molecular complexity index is 1480. The summed E-state index contributed by atoms with van der Waals surface area (Å²) in [5.41, 5.74) is 0.852. The molecule has 1 aliphatic carbocycles. The summed E-state index contributed by atoms with van der Waals surface area (Å²) in [5, 5.41) is 3.86. The number of amides is 2. The van der Waals surface area contributed by atoms with E-state index in [1.807, 2.05) is 0 Å². The van der Waals surface area contributed by atoms with Gasteiger partial charge in [-0.05, 0) is 73.9 Å². The van der Waals surface area contributed by atoms with Crippen molar-refractivity contribution in [2.24, 2.45) is 0 Å². The maximum atomic E-state index is 14.1. The van der Waals surface area contributed by atoms with E-state index in [-0.39, 0.29) is 29.1 Å². The molecule has 0 saturated heterocycles. The van der Waals surface area contributed by atoms with Crippen LogP contribution in [0.15, 0.2) is 77.7 Å². The minimum Gasteiger partial charge on any atom is -0.497 e. The van der Waals surface area contributed by atoms with Crippen molar-refractivity contribution in [2.75, 3.05) is 18.0 Å². The van der Waals surface area contributed by atoms with Crippen molar-refractivity contribution in [3.63, 3.8) is 0 Å². The number of hydrogen-bond donors (Lipinski definition) is 1. The van der Waals surface area contributed by atoms with E-state index in [4.69, 9.17) is 27.9 Å². The third-order valence-electron chi connectivity index (χ3n) is 7.45. The lowest BCUT2D eigenvalue weighted by Crippen LogP contribution is -2.53. The predicted octanol–water partition coefficient (Wildman–Crippen LogP) is 6.06. The minimum atomic E-state index is -4.16. The van der Waals surface area contributed by atoms with E-state index >= 15 is 0 Å². The number of ether oxygens (including phenoxy) is 1. The van der Waals surface area contributed by atoms with Gasteiger partial charge in [0.25, 0.3) is 10.0 Å². The van der Waals surface area contributed by atoms with Crippen LogP contribution in [-0.4, -0.2) is 50.9 Å². The van der Waals surface area contributed by atoms with Crippen LogP contribution in [0.4, 0.5) is 5.69 Å². The third-order valence-corrected chi connectivity index (χ3v) is 9.82. The molecule has 42 heavy (non-hydrogen) atoms. The third kappa shape index (κ3) is 7.76. The van der Waals surface area contributed by atoms with Crippen LogP contribution in [-0.2, 0) is 26.2 Å². The summed E-state index contributed by atoms with van der Waals surface area (Å²) >= 11 is 12.6. The van der Waals surface area contributed by atoms with Crippen LogP contribution in [0, 0.1) is 0 Å². The molecule has 1 unspecified atom stereocenters. The topological polar surface area (TPSA) is 96.0 Å². The Labute approximate surface area is 257 Å². The summed E-state index contributed by atoms with van der Waals surface area (Å²) in [6.07, 6.45) is 4.98. The number of halogens is 2. The number of anilines is 1. The zero-order valence-electron chi connectivity index (χ0n) is 23.6. The number of nitrogens with one attached hydrogen (secondary N) is 1. The second kappa shape index (κ2) is 14.3. The van der Waals surface area contributed by atoms with Crippen LogP contribution in [0.25, 0.3) is 0 Å². The highest BCUT2D eigenvalue weighted by molar-refractivity contribution is 7.92. The first-order valence-corrected chi connectivity index (χ1v) is 16.1. The van der Waals surface area contributed by atoms with Crippen LogP contribution in [0.5, 0.6) is 5.75 Å². The molecule has 224 valence electrons. The largest absolute Gasteiger partial charge is 0.497 e. The number of carbonyl (C=O) groups excluding carboxylic acids is 2. The van der Waals surface area contributed by atoms with Crippen molar-refractivity contribution in [1.29, 1.82) is 0 Å². The first-order valence-electron chi connectivity index (χ1n) is 13.9. The van der Waals surface area contributed by atoms with Crippen molar-refractivity contribution in [3.8, 4) is 5.75 Å². The Morgan fingerprint density at radius 1 is 0.976 bits per heavy atom. The molecule has 1 aliphatic rings. The van der Waals surface area contributed by atoms with Gasteiger partial charge in [-0.2, -0.15) is 0 Å². The van der Waals surface area contributed by atoms with Crippen molar-refractivity contribution in [2.45, 2.75) is 62.6 Å². The van der Waals surface area contributed by atoms with Gasteiger partial charge in [0.05, 0.1) is 17.7 Å². The lowest BCUT2D eigenvalue weighted by molar-refractivity contribution is -0.139. The van der Waals surface area contributed by atoms with Crippen LogP contribution in [0.2, 0.25) is 10.0 Å². The molecule has 2 amide bonds. The maximum absolute atomic E-state index is 14.1. The molecule has 0 bridgehead atoms. The second-order valence-electron chi connectivity index (χ2n) is 10.3. The Morgan fingerprint density at radius 3 is 2.26 bits per heavy atom. The molecular formula is C31H35Cl2N3O5S.